The van der Waals surface area contributed by atoms with Crippen LogP contribution in [0.3, 0.4) is 0 Å². The van der Waals surface area contributed by atoms with Crippen molar-refractivity contribution >= 4 is 11.6 Å². The molecule has 0 aliphatic rings. The van der Waals surface area contributed by atoms with Crippen LogP contribution in [0.15, 0.2) is 11.1 Å². The predicted octanol–water partition coefficient (Wildman–Crippen LogP) is 0.207. The molecule has 0 aliphatic carbocycles. The third-order valence-electron chi connectivity index (χ3n) is 3.41. The highest BCUT2D eigenvalue weighted by Crippen LogP contribution is 2.07. The lowest BCUT2D eigenvalue weighted by molar-refractivity contribution is -0.480. The van der Waals surface area contributed by atoms with Crippen LogP contribution in [0.25, 0.3) is 5.65 Å². The second-order valence-corrected chi connectivity index (χ2v) is 5.24. The molecule has 0 N–H and O–H groups in total. The van der Waals surface area contributed by atoms with Gasteiger partial charge in [0.25, 0.3) is 0 Å². The molecule has 2 rings (SSSR count). The predicted molar refractivity (Wildman–Crippen MR) is 81.3 cm³/mol. The highest BCUT2D eigenvalue weighted by molar-refractivity contribution is 5.93. The Bertz CT molecular complexity index is 783. The van der Waals surface area contributed by atoms with Gasteiger partial charge in [0, 0.05) is 18.4 Å². The Hall–Kier alpha value is -2.85. The van der Waals surface area contributed by atoms with E-state index in [9.17, 15) is 19.7 Å². The smallest absolute Gasteiger partial charge is 0.360 e. The van der Waals surface area contributed by atoms with E-state index in [0.717, 1.165) is 28.3 Å². The summed E-state index contributed by atoms with van der Waals surface area (Å²) in [4.78, 5) is 37.5. The fourth-order valence-corrected chi connectivity index (χ4v) is 2.13. The first-order valence-corrected chi connectivity index (χ1v) is 7.56. The summed E-state index contributed by atoms with van der Waals surface area (Å²) in [6.45, 7) is 0.203. The number of unbranched alkanes of at least 4 members (excludes halogenated alkanes) is 4. The topological polar surface area (TPSA) is 135 Å². The molecule has 130 valence electrons. The number of esters is 1. The van der Waals surface area contributed by atoms with Crippen molar-refractivity contribution < 1.29 is 14.5 Å². The zero-order chi connectivity index (χ0) is 17.5. The number of carbonyl (C=O) groups excluding carboxylic acids is 1. The van der Waals surface area contributed by atoms with Gasteiger partial charge in [-0.2, -0.15) is 4.68 Å². The molecule has 11 nitrogen and oxygen atoms in total. The molecule has 24 heavy (non-hydrogen) atoms. The second-order valence-electron chi connectivity index (χ2n) is 5.24. The molecule has 2 heterocycles. The molecule has 0 amide bonds. The summed E-state index contributed by atoms with van der Waals surface area (Å²) in [5.41, 5.74) is -0.449. The molecule has 0 aliphatic heterocycles. The van der Waals surface area contributed by atoms with Gasteiger partial charge < -0.3 is 4.74 Å². The maximum atomic E-state index is 12.0. The molecule has 2 aromatic rings. The van der Waals surface area contributed by atoms with E-state index in [-0.39, 0.29) is 29.4 Å². The van der Waals surface area contributed by atoms with E-state index in [4.69, 9.17) is 4.74 Å². The Labute approximate surface area is 136 Å². The van der Waals surface area contributed by atoms with E-state index < -0.39 is 11.7 Å². The van der Waals surface area contributed by atoms with Gasteiger partial charge in [-0.05, 0) is 12.8 Å². The van der Waals surface area contributed by atoms with Gasteiger partial charge in [-0.1, -0.05) is 18.1 Å². The Morgan fingerprint density at radius 2 is 2.00 bits per heavy atom. The molecule has 0 radical (unpaired) electrons. The number of carbonyl (C=O) groups is 1. The van der Waals surface area contributed by atoms with Crippen LogP contribution in [0.5, 0.6) is 0 Å². The minimum Gasteiger partial charge on any atom is -0.461 e. The minimum absolute atomic E-state index is 0.0110. The summed E-state index contributed by atoms with van der Waals surface area (Å²) < 4.78 is 7.26. The first-order valence-electron chi connectivity index (χ1n) is 7.56. The lowest BCUT2D eigenvalue weighted by Gasteiger charge is -2.03. The fourth-order valence-electron chi connectivity index (χ4n) is 2.13. The number of fused-ring (bicyclic) bond motifs is 1. The highest BCUT2D eigenvalue weighted by atomic mass is 16.6. The maximum absolute atomic E-state index is 12.0. The summed E-state index contributed by atoms with van der Waals surface area (Å²) in [5.74, 6) is -0.659. The van der Waals surface area contributed by atoms with Gasteiger partial charge in [-0.25, -0.2) is 19.0 Å². The number of ether oxygens (including phenoxy) is 1. The van der Waals surface area contributed by atoms with Gasteiger partial charge in [0.05, 0.1) is 6.61 Å². The van der Waals surface area contributed by atoms with Crippen LogP contribution in [0.4, 0.5) is 0 Å². The average Bonchev–Trinajstić information content (AvgIpc) is 2.97. The van der Waals surface area contributed by atoms with Crippen molar-refractivity contribution in [1.82, 2.24) is 24.4 Å². The van der Waals surface area contributed by atoms with Crippen molar-refractivity contribution in [2.24, 2.45) is 7.05 Å². The van der Waals surface area contributed by atoms with E-state index in [1.54, 1.807) is 0 Å². The van der Waals surface area contributed by atoms with Gasteiger partial charge in [-0.3, -0.25) is 10.1 Å². The molecular formula is C13H18N6O5. The first kappa shape index (κ1) is 17.5. The third-order valence-corrected chi connectivity index (χ3v) is 3.41. The zero-order valence-corrected chi connectivity index (χ0v) is 13.3. The van der Waals surface area contributed by atoms with E-state index in [1.807, 2.05) is 0 Å². The summed E-state index contributed by atoms with van der Waals surface area (Å²) in [7, 11) is 1.44. The van der Waals surface area contributed by atoms with Crippen molar-refractivity contribution in [2.75, 3.05) is 13.2 Å². The van der Waals surface area contributed by atoms with Gasteiger partial charge in [-0.15, -0.1) is 5.10 Å². The first-order chi connectivity index (χ1) is 11.5. The zero-order valence-electron chi connectivity index (χ0n) is 13.3. The van der Waals surface area contributed by atoms with Gasteiger partial charge in [0.2, 0.25) is 6.54 Å². The molecule has 0 spiro atoms. The van der Waals surface area contributed by atoms with Crippen molar-refractivity contribution in [3.05, 3.63) is 32.6 Å². The molecule has 0 saturated carbocycles. The number of hydrogen-bond donors (Lipinski definition) is 0. The van der Waals surface area contributed by atoms with Crippen LogP contribution < -0.4 is 5.69 Å². The minimum atomic E-state index is -0.659. The van der Waals surface area contributed by atoms with Crippen molar-refractivity contribution in [2.45, 2.75) is 32.1 Å². The monoisotopic (exact) mass is 338 g/mol. The largest absolute Gasteiger partial charge is 0.461 e. The molecule has 0 fully saturated rings. The molecule has 11 heteroatoms. The lowest BCUT2D eigenvalue weighted by Crippen LogP contribution is -2.27. The summed E-state index contributed by atoms with van der Waals surface area (Å²) in [6, 6.07) is 0. The molecule has 0 unspecified atom stereocenters. The van der Waals surface area contributed by atoms with Gasteiger partial charge in [0.1, 0.15) is 6.33 Å². The molecule has 2 aromatic heterocycles. The standard InChI is InChI=1S/C13H18N6O5/c1-17-13(21)18-9-14-10(11(18)15-16-17)12(20)24-8-6-4-2-3-5-7-19(22)23/h9H,2-8H2,1H3. The van der Waals surface area contributed by atoms with E-state index in [1.165, 1.54) is 13.4 Å². The SMILES string of the molecule is Cn1nnc2c(C(=O)OCCCCCCC[N+](=O)[O-])ncn2c1=O. The Balaban J connectivity index is 1.77. The maximum Gasteiger partial charge on any atom is 0.360 e. The Morgan fingerprint density at radius 1 is 1.29 bits per heavy atom. The number of nitrogens with zero attached hydrogens (tertiary/aromatic N) is 6. The summed E-state index contributed by atoms with van der Waals surface area (Å²) in [6.07, 6.45) is 4.86. The number of aromatic nitrogens is 5. The third kappa shape index (κ3) is 4.33. The molecule has 0 saturated heterocycles. The molecule has 0 aromatic carbocycles. The fraction of sp³-hybridized carbons (Fsp3) is 0.615. The van der Waals surface area contributed by atoms with Crippen LogP contribution in [0, 0.1) is 10.1 Å². The number of hydrogen-bond acceptors (Lipinski definition) is 8. The number of imidazole rings is 1. The molecule has 0 bridgehead atoms. The van der Waals surface area contributed by atoms with E-state index >= 15 is 0 Å². The van der Waals surface area contributed by atoms with E-state index in [0.29, 0.717) is 12.8 Å². The van der Waals surface area contributed by atoms with Crippen LogP contribution in [0.2, 0.25) is 0 Å². The van der Waals surface area contributed by atoms with Crippen LogP contribution in [-0.2, 0) is 11.8 Å². The van der Waals surface area contributed by atoms with E-state index in [2.05, 4.69) is 15.3 Å². The van der Waals surface area contributed by atoms with Gasteiger partial charge >= 0.3 is 11.7 Å². The second kappa shape index (κ2) is 8.13. The molecular weight excluding hydrogens is 320 g/mol. The normalized spacial score (nSPS) is 10.9. The lowest BCUT2D eigenvalue weighted by atomic mass is 10.1. The van der Waals surface area contributed by atoms with Crippen LogP contribution in [-0.4, -0.2) is 48.4 Å². The van der Waals surface area contributed by atoms with Crippen molar-refractivity contribution in [3.8, 4) is 0 Å². The quantitative estimate of drug-likeness (QED) is 0.274. The number of rotatable bonds is 9. The van der Waals surface area contributed by atoms with Crippen molar-refractivity contribution in [1.29, 1.82) is 0 Å². The number of nitro groups is 1. The summed E-state index contributed by atoms with van der Waals surface area (Å²) >= 11 is 0. The molecule has 0 atom stereocenters. The van der Waals surface area contributed by atoms with Crippen molar-refractivity contribution in [3.63, 3.8) is 0 Å². The van der Waals surface area contributed by atoms with Gasteiger partial charge in [0.15, 0.2) is 11.3 Å². The highest BCUT2D eigenvalue weighted by Gasteiger charge is 2.18. The Morgan fingerprint density at radius 3 is 2.75 bits per heavy atom. The van der Waals surface area contributed by atoms with Crippen LogP contribution in [0.1, 0.15) is 42.6 Å². The summed E-state index contributed by atoms with van der Waals surface area (Å²) in [5, 5.41) is 17.5. The average molecular weight is 338 g/mol. The Kier molecular flexibility index (Phi) is 5.93. The van der Waals surface area contributed by atoms with Crippen LogP contribution >= 0.6 is 0 Å². The number of aryl methyl sites for hydroxylation is 1.